The molecule has 3 rings (SSSR count). The van der Waals surface area contributed by atoms with Gasteiger partial charge in [-0.15, -0.1) is 0 Å². The fourth-order valence-corrected chi connectivity index (χ4v) is 6.01. The van der Waals surface area contributed by atoms with Crippen LogP contribution in [0.2, 0.25) is 0 Å². The van der Waals surface area contributed by atoms with Gasteiger partial charge in [-0.3, -0.25) is 0 Å². The first-order chi connectivity index (χ1) is 13.6. The average Bonchev–Trinajstić information content (AvgIpc) is 2.99. The van der Waals surface area contributed by atoms with Crippen molar-refractivity contribution in [2.75, 3.05) is 0 Å². The summed E-state index contributed by atoms with van der Waals surface area (Å²) < 4.78 is 0. The maximum atomic E-state index is 10.0. The molecule has 0 radical (unpaired) electrons. The van der Waals surface area contributed by atoms with Crippen molar-refractivity contribution in [1.82, 2.24) is 0 Å². The molecular formula is C27H42O2. The van der Waals surface area contributed by atoms with Gasteiger partial charge < -0.3 is 10.2 Å². The Bertz CT molecular complexity index is 703. The van der Waals surface area contributed by atoms with Crippen molar-refractivity contribution >= 4 is 0 Å². The zero-order chi connectivity index (χ0) is 21.2. The van der Waals surface area contributed by atoms with E-state index < -0.39 is 5.60 Å². The first-order valence-electron chi connectivity index (χ1n) is 11.8. The fourth-order valence-electron chi connectivity index (χ4n) is 6.01. The monoisotopic (exact) mass is 398 g/mol. The van der Waals surface area contributed by atoms with E-state index in [1.54, 1.807) is 11.1 Å². The Labute approximate surface area is 178 Å². The first kappa shape index (κ1) is 22.6. The van der Waals surface area contributed by atoms with Crippen molar-refractivity contribution < 1.29 is 10.2 Å². The minimum absolute atomic E-state index is 0.203. The molecule has 0 aromatic heterocycles. The topological polar surface area (TPSA) is 40.5 Å². The number of aliphatic hydroxyl groups excluding tert-OH is 1. The molecule has 0 saturated heterocycles. The Morgan fingerprint density at radius 1 is 1.31 bits per heavy atom. The third-order valence-electron chi connectivity index (χ3n) is 7.76. The quantitative estimate of drug-likeness (QED) is 0.491. The molecule has 0 aromatic rings. The zero-order valence-electron chi connectivity index (χ0n) is 19.1. The minimum atomic E-state index is -0.554. The van der Waals surface area contributed by atoms with Crippen LogP contribution in [0.5, 0.6) is 0 Å². The highest BCUT2D eigenvalue weighted by Gasteiger charge is 2.45. The normalized spacial score (nSPS) is 34.4. The molecule has 2 N–H and O–H groups in total. The summed E-state index contributed by atoms with van der Waals surface area (Å²) in [5.74, 6) is 1.22. The summed E-state index contributed by atoms with van der Waals surface area (Å²) >= 11 is 0. The second kappa shape index (κ2) is 8.94. The van der Waals surface area contributed by atoms with Gasteiger partial charge in [0, 0.05) is 0 Å². The molecule has 2 fully saturated rings. The summed E-state index contributed by atoms with van der Waals surface area (Å²) in [5.41, 5.74) is 5.44. The summed E-state index contributed by atoms with van der Waals surface area (Å²) in [5, 5.41) is 20.0. The molecule has 0 spiro atoms. The van der Waals surface area contributed by atoms with Gasteiger partial charge >= 0.3 is 0 Å². The van der Waals surface area contributed by atoms with Crippen LogP contribution < -0.4 is 0 Å². The molecule has 3 aliphatic carbocycles. The third kappa shape index (κ3) is 5.33. The van der Waals surface area contributed by atoms with Gasteiger partial charge in [0.25, 0.3) is 0 Å². The van der Waals surface area contributed by atoms with Gasteiger partial charge in [0.15, 0.2) is 0 Å². The van der Waals surface area contributed by atoms with Crippen molar-refractivity contribution in [3.63, 3.8) is 0 Å². The molecule has 2 saturated carbocycles. The van der Waals surface area contributed by atoms with Gasteiger partial charge in [-0.1, -0.05) is 61.8 Å². The molecule has 2 heteroatoms. The minimum Gasteiger partial charge on any atom is -0.393 e. The van der Waals surface area contributed by atoms with Crippen LogP contribution in [0.1, 0.15) is 91.9 Å². The maximum Gasteiger partial charge on any atom is 0.0591 e. The molecule has 0 aliphatic heterocycles. The summed E-state index contributed by atoms with van der Waals surface area (Å²) in [7, 11) is 0. The number of hydrogen-bond donors (Lipinski definition) is 2. The van der Waals surface area contributed by atoms with Gasteiger partial charge in [-0.2, -0.15) is 0 Å². The lowest BCUT2D eigenvalue weighted by molar-refractivity contribution is 0.0670. The number of hydrogen-bond acceptors (Lipinski definition) is 2. The van der Waals surface area contributed by atoms with Crippen LogP contribution >= 0.6 is 0 Å². The molecule has 0 unspecified atom stereocenters. The van der Waals surface area contributed by atoms with E-state index in [4.69, 9.17) is 0 Å². The average molecular weight is 399 g/mol. The zero-order valence-corrected chi connectivity index (χ0v) is 19.1. The predicted octanol–water partition coefficient (Wildman–Crippen LogP) is 6.65. The lowest BCUT2D eigenvalue weighted by atomic mass is 9.62. The van der Waals surface area contributed by atoms with E-state index in [1.165, 1.54) is 43.3 Å². The molecule has 0 amide bonds. The Balaban J connectivity index is 1.69. The van der Waals surface area contributed by atoms with Gasteiger partial charge in [0.05, 0.1) is 11.7 Å². The van der Waals surface area contributed by atoms with Crippen molar-refractivity contribution in [3.05, 3.63) is 47.1 Å². The standard InChI is InChI=1S/C27H42O2/c1-19-10-13-23(28)18-22(19)12-11-21-9-7-17-27(5)24(14-15-25(21)27)20(2)8-6-16-26(3,4)29/h11-12,14,20,23,25,28-29H,1,6-10,13,15-18H2,2-5H3/b21-11+,22-12-/t20-,23+,25+,27-/m1/s1. The Kier molecular flexibility index (Phi) is 6.95. The molecule has 0 aromatic carbocycles. The predicted molar refractivity (Wildman–Crippen MR) is 123 cm³/mol. The second-order valence-corrected chi connectivity index (χ2v) is 10.8. The van der Waals surface area contributed by atoms with Crippen molar-refractivity contribution in [2.45, 2.75) is 104 Å². The van der Waals surface area contributed by atoms with E-state index in [9.17, 15) is 10.2 Å². The number of aliphatic hydroxyl groups is 2. The van der Waals surface area contributed by atoms with E-state index in [-0.39, 0.29) is 6.10 Å². The largest absolute Gasteiger partial charge is 0.393 e. The molecular weight excluding hydrogens is 356 g/mol. The Hall–Kier alpha value is -1.12. The third-order valence-corrected chi connectivity index (χ3v) is 7.76. The Morgan fingerprint density at radius 3 is 2.79 bits per heavy atom. The Morgan fingerprint density at radius 2 is 2.07 bits per heavy atom. The summed E-state index contributed by atoms with van der Waals surface area (Å²) in [6.45, 7) is 12.9. The maximum absolute atomic E-state index is 10.0. The van der Waals surface area contributed by atoms with Crippen molar-refractivity contribution in [3.8, 4) is 0 Å². The smallest absolute Gasteiger partial charge is 0.0591 e. The molecule has 0 heterocycles. The fraction of sp³-hybridized carbons (Fsp3) is 0.704. The highest BCUT2D eigenvalue weighted by atomic mass is 16.3. The van der Waals surface area contributed by atoms with E-state index >= 15 is 0 Å². The van der Waals surface area contributed by atoms with Gasteiger partial charge in [0.1, 0.15) is 0 Å². The molecule has 3 aliphatic rings. The van der Waals surface area contributed by atoms with Crippen LogP contribution in [-0.4, -0.2) is 21.9 Å². The van der Waals surface area contributed by atoms with E-state index in [0.29, 0.717) is 17.3 Å². The van der Waals surface area contributed by atoms with Gasteiger partial charge in [-0.05, 0) is 94.5 Å². The van der Waals surface area contributed by atoms with E-state index in [2.05, 4.69) is 38.7 Å². The molecule has 2 nitrogen and oxygen atoms in total. The van der Waals surface area contributed by atoms with Gasteiger partial charge in [0.2, 0.25) is 0 Å². The number of allylic oxidation sites excluding steroid dienone is 6. The summed E-state index contributed by atoms with van der Waals surface area (Å²) in [4.78, 5) is 0. The van der Waals surface area contributed by atoms with Crippen LogP contribution in [0.4, 0.5) is 0 Å². The van der Waals surface area contributed by atoms with Crippen LogP contribution in [0.25, 0.3) is 0 Å². The highest BCUT2D eigenvalue weighted by Crippen LogP contribution is 2.57. The number of rotatable bonds is 6. The molecule has 4 atom stereocenters. The lowest BCUT2D eigenvalue weighted by Crippen LogP contribution is -2.32. The molecule has 162 valence electrons. The van der Waals surface area contributed by atoms with Gasteiger partial charge in [-0.25, -0.2) is 0 Å². The van der Waals surface area contributed by atoms with Crippen LogP contribution in [0.15, 0.2) is 47.1 Å². The second-order valence-electron chi connectivity index (χ2n) is 10.8. The van der Waals surface area contributed by atoms with E-state index in [0.717, 1.165) is 32.1 Å². The van der Waals surface area contributed by atoms with Crippen molar-refractivity contribution in [2.24, 2.45) is 17.3 Å². The lowest BCUT2D eigenvalue weighted by Gasteiger charge is -2.42. The van der Waals surface area contributed by atoms with Crippen LogP contribution in [0.3, 0.4) is 0 Å². The first-order valence-corrected chi connectivity index (χ1v) is 11.8. The van der Waals surface area contributed by atoms with Crippen LogP contribution in [0, 0.1) is 17.3 Å². The van der Waals surface area contributed by atoms with Crippen LogP contribution in [-0.2, 0) is 0 Å². The molecule has 0 bridgehead atoms. The summed E-state index contributed by atoms with van der Waals surface area (Å²) in [6.07, 6.45) is 17.5. The number of fused-ring (bicyclic) bond motifs is 1. The van der Waals surface area contributed by atoms with E-state index in [1.807, 2.05) is 13.8 Å². The molecule has 29 heavy (non-hydrogen) atoms. The summed E-state index contributed by atoms with van der Waals surface area (Å²) in [6, 6.07) is 0. The SMILES string of the molecule is C=C1CC[C@H](O)C/C1=C/C=C1\CCC[C@]2(C)C([C@H](C)CCCC(C)(C)O)=CC[C@@H]12. The van der Waals surface area contributed by atoms with Crippen molar-refractivity contribution in [1.29, 1.82) is 0 Å². The highest BCUT2D eigenvalue weighted by molar-refractivity contribution is 5.38.